The number of anilines is 2. The van der Waals surface area contributed by atoms with Crippen LogP contribution in [0.5, 0.6) is 0 Å². The van der Waals surface area contributed by atoms with E-state index in [0.29, 0.717) is 11.3 Å². The first-order valence-electron chi connectivity index (χ1n) is 6.47. The van der Waals surface area contributed by atoms with Crippen LogP contribution in [0.25, 0.3) is 0 Å². The number of hydrogen-bond donors (Lipinski definition) is 2. The third-order valence-electron chi connectivity index (χ3n) is 3.94. The normalized spacial score (nSPS) is 19.4. The number of hydrogen-bond acceptors (Lipinski definition) is 4. The first kappa shape index (κ1) is 13.7. The zero-order valence-corrected chi connectivity index (χ0v) is 11.8. The minimum absolute atomic E-state index is 0.0640. The van der Waals surface area contributed by atoms with Gasteiger partial charge in [-0.2, -0.15) is 0 Å². The van der Waals surface area contributed by atoms with Gasteiger partial charge in [0.15, 0.2) is 0 Å². The minimum Gasteiger partial charge on any atom is -0.399 e. The van der Waals surface area contributed by atoms with Crippen molar-refractivity contribution in [3.63, 3.8) is 0 Å². The van der Waals surface area contributed by atoms with Crippen molar-refractivity contribution in [2.45, 2.75) is 19.4 Å². The number of carbonyl (C=O) groups excluding carboxylic acids is 1. The largest absolute Gasteiger partial charge is 0.399 e. The molecule has 0 spiro atoms. The second-order valence-corrected chi connectivity index (χ2v) is 5.80. The number of piperazine rings is 1. The summed E-state index contributed by atoms with van der Waals surface area (Å²) in [5.74, 6) is -0.431. The van der Waals surface area contributed by atoms with Crippen LogP contribution in [-0.4, -0.2) is 43.0 Å². The molecule has 0 unspecified atom stereocenters. The lowest BCUT2D eigenvalue weighted by Crippen LogP contribution is -2.58. The number of nitrogen functional groups attached to an aromatic ring is 1. The molecule has 0 atom stereocenters. The zero-order valence-electron chi connectivity index (χ0n) is 11.8. The predicted molar refractivity (Wildman–Crippen MR) is 78.3 cm³/mol. The highest BCUT2D eigenvalue weighted by Crippen LogP contribution is 2.28. The Balaban J connectivity index is 2.35. The Kier molecular flexibility index (Phi) is 3.41. The Morgan fingerprint density at radius 3 is 2.58 bits per heavy atom. The van der Waals surface area contributed by atoms with E-state index < -0.39 is 5.91 Å². The average Bonchev–Trinajstić information content (AvgIpc) is 2.32. The number of nitrogens with zero attached hydrogens (tertiary/aromatic N) is 2. The topological polar surface area (TPSA) is 75.6 Å². The second kappa shape index (κ2) is 4.74. The molecule has 1 heterocycles. The quantitative estimate of drug-likeness (QED) is 0.776. The van der Waals surface area contributed by atoms with Gasteiger partial charge in [-0.15, -0.1) is 0 Å². The van der Waals surface area contributed by atoms with E-state index in [1.165, 1.54) is 0 Å². The highest BCUT2D eigenvalue weighted by molar-refractivity contribution is 5.99. The van der Waals surface area contributed by atoms with E-state index in [0.717, 1.165) is 25.3 Å². The van der Waals surface area contributed by atoms with E-state index in [4.69, 9.17) is 11.5 Å². The predicted octanol–water partition coefficient (Wildman–Crippen LogP) is 0.898. The summed E-state index contributed by atoms with van der Waals surface area (Å²) in [6.07, 6.45) is 0. The lowest BCUT2D eigenvalue weighted by molar-refractivity contribution is 0.0999. The fourth-order valence-electron chi connectivity index (χ4n) is 2.47. The smallest absolute Gasteiger partial charge is 0.250 e. The molecule has 104 valence electrons. The summed E-state index contributed by atoms with van der Waals surface area (Å²) in [6, 6.07) is 5.35. The molecule has 5 nitrogen and oxygen atoms in total. The molecule has 5 heteroatoms. The van der Waals surface area contributed by atoms with Gasteiger partial charge < -0.3 is 16.4 Å². The van der Waals surface area contributed by atoms with Crippen molar-refractivity contribution < 1.29 is 4.79 Å². The fraction of sp³-hybridized carbons (Fsp3) is 0.500. The summed E-state index contributed by atoms with van der Waals surface area (Å²) in [4.78, 5) is 16.1. The van der Waals surface area contributed by atoms with E-state index in [-0.39, 0.29) is 5.54 Å². The van der Waals surface area contributed by atoms with Crippen LogP contribution >= 0.6 is 0 Å². The Morgan fingerprint density at radius 2 is 2.00 bits per heavy atom. The van der Waals surface area contributed by atoms with E-state index in [2.05, 4.69) is 30.7 Å². The molecule has 0 aromatic heterocycles. The molecule has 4 N–H and O–H groups in total. The molecule has 0 radical (unpaired) electrons. The molecule has 0 bridgehead atoms. The molecule has 1 amide bonds. The van der Waals surface area contributed by atoms with E-state index in [1.54, 1.807) is 6.07 Å². The van der Waals surface area contributed by atoms with Crippen LogP contribution in [-0.2, 0) is 0 Å². The van der Waals surface area contributed by atoms with Gasteiger partial charge in [-0.1, -0.05) is 0 Å². The van der Waals surface area contributed by atoms with Crippen LogP contribution in [0, 0.1) is 0 Å². The number of benzene rings is 1. The first-order valence-corrected chi connectivity index (χ1v) is 6.47. The summed E-state index contributed by atoms with van der Waals surface area (Å²) in [5, 5.41) is 0. The highest BCUT2D eigenvalue weighted by Gasteiger charge is 2.32. The van der Waals surface area contributed by atoms with Gasteiger partial charge in [-0.25, -0.2) is 0 Å². The second-order valence-electron chi connectivity index (χ2n) is 5.80. The van der Waals surface area contributed by atoms with Gasteiger partial charge >= 0.3 is 0 Å². The molecule has 1 aliphatic heterocycles. The van der Waals surface area contributed by atoms with Crippen LogP contribution in [0.15, 0.2) is 18.2 Å². The van der Waals surface area contributed by atoms with Crippen LogP contribution < -0.4 is 16.4 Å². The van der Waals surface area contributed by atoms with Crippen molar-refractivity contribution in [1.82, 2.24) is 4.90 Å². The van der Waals surface area contributed by atoms with E-state index in [9.17, 15) is 4.79 Å². The molecule has 19 heavy (non-hydrogen) atoms. The van der Waals surface area contributed by atoms with Gasteiger partial charge in [0, 0.05) is 36.5 Å². The lowest BCUT2D eigenvalue weighted by atomic mass is 9.98. The lowest BCUT2D eigenvalue weighted by Gasteiger charge is -2.46. The van der Waals surface area contributed by atoms with Crippen molar-refractivity contribution in [2.24, 2.45) is 5.73 Å². The number of carbonyl (C=O) groups is 1. The van der Waals surface area contributed by atoms with Gasteiger partial charge in [0.2, 0.25) is 0 Å². The molecule has 2 rings (SSSR count). The number of likely N-dealkylation sites (N-methyl/N-ethyl adjacent to an activating group) is 1. The van der Waals surface area contributed by atoms with Crippen LogP contribution in [0.2, 0.25) is 0 Å². The Hall–Kier alpha value is -1.75. The van der Waals surface area contributed by atoms with Crippen molar-refractivity contribution in [1.29, 1.82) is 0 Å². The number of rotatable bonds is 2. The number of amides is 1. The van der Waals surface area contributed by atoms with Gasteiger partial charge in [-0.05, 0) is 39.1 Å². The SMILES string of the molecule is CN1CCN(c2ccc(N)cc2C(N)=O)CC1(C)C. The van der Waals surface area contributed by atoms with Crippen molar-refractivity contribution in [3.8, 4) is 0 Å². The molecule has 0 aliphatic carbocycles. The standard InChI is InChI=1S/C14H22N4O/c1-14(2)9-18(7-6-17(14)3)12-5-4-10(15)8-11(12)13(16)19/h4-5,8H,6-7,9,15H2,1-3H3,(H2,16,19). The fourth-order valence-corrected chi connectivity index (χ4v) is 2.47. The van der Waals surface area contributed by atoms with Gasteiger partial charge in [-0.3, -0.25) is 9.69 Å². The van der Waals surface area contributed by atoms with Gasteiger partial charge in [0.05, 0.1) is 5.56 Å². The summed E-state index contributed by atoms with van der Waals surface area (Å²) in [6.45, 7) is 7.08. The minimum atomic E-state index is -0.431. The van der Waals surface area contributed by atoms with Crippen LogP contribution in [0.3, 0.4) is 0 Å². The molecule has 1 fully saturated rings. The summed E-state index contributed by atoms with van der Waals surface area (Å²) in [7, 11) is 2.12. The van der Waals surface area contributed by atoms with E-state index >= 15 is 0 Å². The van der Waals surface area contributed by atoms with Crippen molar-refractivity contribution in [3.05, 3.63) is 23.8 Å². The molecule has 1 aromatic rings. The molecule has 1 aromatic carbocycles. The zero-order chi connectivity index (χ0) is 14.2. The average molecular weight is 262 g/mol. The summed E-state index contributed by atoms with van der Waals surface area (Å²) >= 11 is 0. The Morgan fingerprint density at radius 1 is 1.32 bits per heavy atom. The molecule has 0 saturated carbocycles. The third kappa shape index (κ3) is 2.66. The number of primary amides is 1. The molecule has 1 saturated heterocycles. The maximum atomic E-state index is 11.6. The maximum Gasteiger partial charge on any atom is 0.250 e. The molecular formula is C14H22N4O. The Bertz CT molecular complexity index is 498. The Labute approximate surface area is 114 Å². The monoisotopic (exact) mass is 262 g/mol. The summed E-state index contributed by atoms with van der Waals surface area (Å²) < 4.78 is 0. The van der Waals surface area contributed by atoms with Gasteiger partial charge in [0.1, 0.15) is 0 Å². The molecular weight excluding hydrogens is 240 g/mol. The van der Waals surface area contributed by atoms with Crippen LogP contribution in [0.4, 0.5) is 11.4 Å². The van der Waals surface area contributed by atoms with Gasteiger partial charge in [0.25, 0.3) is 5.91 Å². The molecule has 1 aliphatic rings. The van der Waals surface area contributed by atoms with Crippen molar-refractivity contribution in [2.75, 3.05) is 37.3 Å². The maximum absolute atomic E-state index is 11.6. The third-order valence-corrected chi connectivity index (χ3v) is 3.94. The first-order chi connectivity index (χ1) is 8.81. The summed E-state index contributed by atoms with van der Waals surface area (Å²) in [5.41, 5.74) is 13.2. The highest BCUT2D eigenvalue weighted by atomic mass is 16.1. The van der Waals surface area contributed by atoms with Crippen LogP contribution in [0.1, 0.15) is 24.2 Å². The van der Waals surface area contributed by atoms with E-state index in [1.807, 2.05) is 12.1 Å². The van der Waals surface area contributed by atoms with Crippen molar-refractivity contribution >= 4 is 17.3 Å². The number of nitrogens with two attached hydrogens (primary N) is 2.